The summed E-state index contributed by atoms with van der Waals surface area (Å²) >= 11 is 0. The third-order valence-corrected chi connectivity index (χ3v) is 26.6. The van der Waals surface area contributed by atoms with Crippen molar-refractivity contribution in [3.8, 4) is 22.3 Å². The molecule has 144 heavy (non-hydrogen) atoms. The van der Waals surface area contributed by atoms with E-state index < -0.39 is 118 Å². The fourth-order valence-corrected chi connectivity index (χ4v) is 20.7. The molecule has 4 bridgehead atoms. The van der Waals surface area contributed by atoms with Crippen LogP contribution in [-0.2, 0) is 81.0 Å². The van der Waals surface area contributed by atoms with E-state index in [9.17, 15) is 67.4 Å². The summed E-state index contributed by atoms with van der Waals surface area (Å²) in [5.74, 6) is -3.42. The predicted molar refractivity (Wildman–Crippen MR) is 551 cm³/mol. The van der Waals surface area contributed by atoms with Crippen molar-refractivity contribution < 1.29 is 110 Å². The monoisotopic (exact) mass is 2010 g/mol. The van der Waals surface area contributed by atoms with E-state index in [1.54, 1.807) is 78.2 Å². The summed E-state index contributed by atoms with van der Waals surface area (Å²) in [6.45, 7) is 47.7. The van der Waals surface area contributed by atoms with Crippen molar-refractivity contribution in [2.75, 3.05) is 39.4 Å². The lowest BCUT2D eigenvalue weighted by Gasteiger charge is -2.35. The van der Waals surface area contributed by atoms with Gasteiger partial charge in [-0.05, 0) is 284 Å². The van der Waals surface area contributed by atoms with Gasteiger partial charge in [-0.25, -0.2) is 38.4 Å². The van der Waals surface area contributed by atoms with Gasteiger partial charge in [-0.1, -0.05) is 158 Å². The molecule has 31 nitrogen and oxygen atoms in total. The van der Waals surface area contributed by atoms with Gasteiger partial charge in [0, 0.05) is 51.0 Å². The molecule has 8 fully saturated rings. The SMILES string of the molecule is C=C[C@@H]1CCC(C(=O)OC(C)(C)C)N1.C=C[C@@H]1CC[C@@H](C(=O)OC(C)(C)C)N1C(=O)[C@@H]1C[C@H](C=CC)CN1C(=O)OC(C)(C)C.CC(=O)OCC1c2ccccc2-c2ccccc21.CC(C)(C)OC(=O)[C@@H]1CC[C@H]2/C=C\[C@H]3C[C@@H](C(=O)N21)N(C(=O)OC(C)(C)C)C3.CC=CC1CC(C(=O)O)N(C(=O)OC(C)(C)C)C1.O=C(O)[C@@H]1CC[C@H]2/C=C\[C@H]3C[C@@H](C(=O)N21)N(C(=O)OCC1c2ccccc2-c2ccccc21)C3.S. The fraction of sp³-hybridized carbons (Fsp3) is 0.562. The van der Waals surface area contributed by atoms with Gasteiger partial charge < -0.3 is 62.8 Å². The molecule has 10 aliphatic heterocycles. The van der Waals surface area contributed by atoms with Crippen molar-refractivity contribution in [3.63, 3.8) is 0 Å². The number of likely N-dealkylation sites (tertiary alicyclic amines) is 5. The van der Waals surface area contributed by atoms with E-state index in [4.69, 9.17) is 43.0 Å². The van der Waals surface area contributed by atoms with Crippen LogP contribution in [0.5, 0.6) is 0 Å². The van der Waals surface area contributed by atoms with Crippen LogP contribution in [0.4, 0.5) is 19.2 Å². The Morgan fingerprint density at radius 3 is 1.15 bits per heavy atom. The summed E-state index contributed by atoms with van der Waals surface area (Å²) < 4.78 is 43.7. The van der Waals surface area contributed by atoms with Gasteiger partial charge in [0.1, 0.15) is 95.2 Å². The Labute approximate surface area is 855 Å². The number of ether oxygens (including phenoxy) is 8. The van der Waals surface area contributed by atoms with Crippen LogP contribution in [0.15, 0.2) is 171 Å². The molecular formula is C112H152N8O23S. The number of carbonyl (C=O) groups excluding carboxylic acids is 11. The van der Waals surface area contributed by atoms with Crippen LogP contribution in [0.1, 0.15) is 257 Å². The molecular weight excluding hydrogens is 1860 g/mol. The zero-order valence-electron chi connectivity index (χ0n) is 87.6. The van der Waals surface area contributed by atoms with E-state index in [0.29, 0.717) is 90.6 Å². The molecule has 0 radical (unpaired) electrons. The first-order chi connectivity index (χ1) is 67.1. The number of hydrogen-bond donors (Lipinski definition) is 3. The van der Waals surface area contributed by atoms with Gasteiger partial charge in [0.2, 0.25) is 17.7 Å². The number of amides is 7. The zero-order valence-corrected chi connectivity index (χ0v) is 88.6. The number of allylic oxidation sites excluding steroid dienone is 2. The Balaban J connectivity index is 0.000000182. The summed E-state index contributed by atoms with van der Waals surface area (Å²) in [5, 5.41) is 21.9. The molecule has 0 aromatic heterocycles. The topological polar surface area (TPSA) is 371 Å². The molecule has 16 rings (SSSR count). The van der Waals surface area contributed by atoms with Crippen LogP contribution in [0, 0.1) is 23.7 Å². The Hall–Kier alpha value is -12.1. The van der Waals surface area contributed by atoms with E-state index >= 15 is 0 Å². The van der Waals surface area contributed by atoms with Crippen LogP contribution >= 0.6 is 13.5 Å². The molecule has 4 aromatic carbocycles. The number of nitrogens with one attached hydrogen (secondary N) is 1. The maximum Gasteiger partial charge on any atom is 0.411 e. The highest BCUT2D eigenvalue weighted by atomic mass is 32.1. The largest absolute Gasteiger partial charge is 0.480 e. The number of hydrogen-bond acceptors (Lipinski definition) is 22. The van der Waals surface area contributed by atoms with Gasteiger partial charge in [-0.3, -0.25) is 48.9 Å². The third-order valence-electron chi connectivity index (χ3n) is 26.6. The van der Waals surface area contributed by atoms with Crippen LogP contribution in [0.3, 0.4) is 0 Å². The average molecular weight is 2010 g/mol. The van der Waals surface area contributed by atoms with Crippen molar-refractivity contribution in [2.45, 2.75) is 340 Å². The molecule has 2 aliphatic carbocycles. The van der Waals surface area contributed by atoms with Gasteiger partial charge >= 0.3 is 60.2 Å². The Kier molecular flexibility index (Phi) is 37.8. The molecule has 12 aliphatic rings. The Bertz CT molecular complexity index is 5360. The van der Waals surface area contributed by atoms with Gasteiger partial charge in [0.25, 0.3) is 0 Å². The van der Waals surface area contributed by atoms with E-state index in [1.165, 1.54) is 53.7 Å². The molecule has 3 N–H and O–H groups in total. The molecule has 32 heteroatoms. The number of carboxylic acid groups (broad SMARTS) is 2. The number of rotatable bonds is 14. The maximum atomic E-state index is 13.7. The third kappa shape index (κ3) is 29.2. The Morgan fingerprint density at radius 1 is 0.396 bits per heavy atom. The first-order valence-corrected chi connectivity index (χ1v) is 50.3. The number of carbonyl (C=O) groups is 13. The minimum atomic E-state index is -0.993. The molecule has 4 aromatic rings. The lowest BCUT2D eigenvalue weighted by Crippen LogP contribution is -2.54. The van der Waals surface area contributed by atoms with E-state index in [2.05, 4.69) is 73.1 Å². The number of benzene rings is 4. The van der Waals surface area contributed by atoms with E-state index in [0.717, 1.165) is 41.5 Å². The fourth-order valence-electron chi connectivity index (χ4n) is 20.7. The Morgan fingerprint density at radius 2 is 0.757 bits per heavy atom. The van der Waals surface area contributed by atoms with Gasteiger partial charge in [-0.2, -0.15) is 13.5 Å². The lowest BCUT2D eigenvalue weighted by atomic mass is 9.98. The number of aliphatic carboxylic acids is 2. The van der Waals surface area contributed by atoms with Crippen molar-refractivity contribution in [1.29, 1.82) is 0 Å². The van der Waals surface area contributed by atoms with Gasteiger partial charge in [0.05, 0.1) is 18.1 Å². The zero-order chi connectivity index (χ0) is 105. The highest BCUT2D eigenvalue weighted by molar-refractivity contribution is 7.59. The summed E-state index contributed by atoms with van der Waals surface area (Å²) in [6.07, 6.45) is 24.6. The second-order valence-corrected chi connectivity index (χ2v) is 44.6. The van der Waals surface area contributed by atoms with E-state index in [1.807, 2.05) is 173 Å². The number of nitrogens with zero attached hydrogens (tertiary/aromatic N) is 7. The van der Waals surface area contributed by atoms with Gasteiger partial charge in [0.15, 0.2) is 0 Å². The minimum absolute atomic E-state index is 0. The second kappa shape index (κ2) is 47.9. The van der Waals surface area contributed by atoms with Gasteiger partial charge in [-0.15, -0.1) is 13.2 Å². The quantitative estimate of drug-likeness (QED) is 0.0599. The van der Waals surface area contributed by atoms with Crippen molar-refractivity contribution >= 4 is 91.4 Å². The predicted octanol–water partition coefficient (Wildman–Crippen LogP) is 18.0. The van der Waals surface area contributed by atoms with Crippen LogP contribution in [-0.4, -0.2) is 268 Å². The molecule has 8 saturated heterocycles. The van der Waals surface area contributed by atoms with Crippen LogP contribution < -0.4 is 5.32 Å². The highest BCUT2D eigenvalue weighted by Gasteiger charge is 2.54. The normalized spacial score (nSPS) is 25.8. The number of esters is 4. The summed E-state index contributed by atoms with van der Waals surface area (Å²) in [5.41, 5.74) is 6.02. The van der Waals surface area contributed by atoms with Crippen LogP contribution in [0.2, 0.25) is 0 Å². The molecule has 3 unspecified atom stereocenters. The average Bonchev–Trinajstić information content (AvgIpc) is 1.62. The van der Waals surface area contributed by atoms with Crippen LogP contribution in [0.25, 0.3) is 22.3 Å². The molecule has 10 heterocycles. The summed E-state index contributed by atoms with van der Waals surface area (Å²) in [4.78, 5) is 173. The molecule has 0 spiro atoms. The summed E-state index contributed by atoms with van der Waals surface area (Å²) in [6, 6.07) is 27.5. The van der Waals surface area contributed by atoms with E-state index in [-0.39, 0.29) is 121 Å². The molecule has 7 amide bonds. The minimum Gasteiger partial charge on any atom is -0.480 e. The number of carboxylic acids is 2. The smallest absolute Gasteiger partial charge is 0.411 e. The first-order valence-electron chi connectivity index (χ1n) is 50.3. The standard InChI is InChI=1S/C27H26N2O5.C24H38N2O5.C21H32N2O5.C16H14O2.C13H21NO4.C11H19NO2.H2S/c30-25-24-13-16(9-10-17-11-12-23(26(31)32)29(17)25)14-28(24)27(33)34-15-22-20-7-3-1-5-18(20)19-6-2-4-8-21(19)22;1-9-11-16-14-19(25(15-16)22(29)31-24(6,7)8)20(27)26-17(10-2)12-13-18(26)21(28)30-23(3,4)5;1-20(2,3)27-18(25)15-10-9-14-8-7-13-11-16(17(24)23(14)15)22(12-13)19(26)28-21(4,5)6;1-11(17)18-10-16-14-8-4-2-6-12(14)13-7-3-5-9-15(13)16;1-5-6-9-7-10(11(15)16)14(8-9)12(17)18-13(2,3)4;1-5-8-6-7-9(12-8)10(13)14-11(2,3)4;/h1-10,16-17,22-24H,11-15H2,(H,31,32);9-11,16-19H,2,12-15H2,1,3-8H3;7-8,13-16H,9-12H2,1-6H3;2-9,16H,10H2,1H3;5-6,9-10H,7-8H2,1-4H3,(H,15,16);5,8-9,12H,1,6-7H2,2-4H3;1H2/b10-9-;;8-7-;;;;/t16-,17+,23-,24-;16-,17+,18-,19-;13-,14+,15-,16-;;;8-,9?;/m000..1./s1. The summed E-state index contributed by atoms with van der Waals surface area (Å²) in [7, 11) is 0. The molecule has 784 valence electrons. The maximum absolute atomic E-state index is 13.7. The highest BCUT2D eigenvalue weighted by Crippen LogP contribution is 2.48. The molecule has 16 atom stereocenters. The molecule has 0 saturated carbocycles. The number of fused-ring (bicyclic) bond motifs is 12. The van der Waals surface area contributed by atoms with Crippen molar-refractivity contribution in [2.24, 2.45) is 23.7 Å². The van der Waals surface area contributed by atoms with Crippen molar-refractivity contribution in [3.05, 3.63) is 193 Å². The lowest BCUT2D eigenvalue weighted by molar-refractivity contribution is -0.165. The first kappa shape index (κ1) is 114. The second-order valence-electron chi connectivity index (χ2n) is 44.6. The van der Waals surface area contributed by atoms with Crippen molar-refractivity contribution in [1.82, 2.24) is 39.6 Å².